The van der Waals surface area contributed by atoms with Gasteiger partial charge in [0.2, 0.25) is 0 Å². The molecule has 0 spiro atoms. The Morgan fingerprint density at radius 3 is 2.89 bits per heavy atom. The lowest BCUT2D eigenvalue weighted by molar-refractivity contribution is 0.132. The first kappa shape index (κ1) is 11.4. The van der Waals surface area contributed by atoms with Crippen molar-refractivity contribution >= 4 is 17.0 Å². The van der Waals surface area contributed by atoms with E-state index in [1.165, 1.54) is 6.33 Å². The van der Waals surface area contributed by atoms with Crippen molar-refractivity contribution < 1.29 is 10.2 Å². The fraction of sp³-hybridized carbons (Fsp3) is 0.545. The van der Waals surface area contributed by atoms with Crippen LogP contribution >= 0.6 is 0 Å². The molecule has 0 amide bonds. The maximum atomic E-state index is 10.1. The van der Waals surface area contributed by atoms with Gasteiger partial charge in [0.25, 0.3) is 0 Å². The normalized spacial score (nSPS) is 28.0. The van der Waals surface area contributed by atoms with Crippen molar-refractivity contribution in [1.29, 1.82) is 0 Å². The van der Waals surface area contributed by atoms with Gasteiger partial charge in [0.15, 0.2) is 11.5 Å². The molecule has 2 aromatic heterocycles. The minimum atomic E-state index is -0.490. The monoisotopic (exact) mass is 249 g/mol. The number of fused-ring (bicyclic) bond motifs is 1. The molecule has 1 aliphatic rings. The van der Waals surface area contributed by atoms with E-state index in [1.54, 1.807) is 6.33 Å². The molecule has 0 bridgehead atoms. The summed E-state index contributed by atoms with van der Waals surface area (Å²) in [5, 5.41) is 19.2. The highest BCUT2D eigenvalue weighted by Gasteiger charge is 2.34. The Labute approximate surface area is 103 Å². The maximum Gasteiger partial charge on any atom is 0.165 e. The van der Waals surface area contributed by atoms with E-state index >= 15 is 0 Å². The second-order valence-electron chi connectivity index (χ2n) is 4.74. The van der Waals surface area contributed by atoms with E-state index in [-0.39, 0.29) is 18.6 Å². The molecule has 4 N–H and O–H groups in total. The Morgan fingerprint density at radius 2 is 2.17 bits per heavy atom. The molecule has 1 fully saturated rings. The van der Waals surface area contributed by atoms with Gasteiger partial charge in [-0.15, -0.1) is 0 Å². The summed E-state index contributed by atoms with van der Waals surface area (Å²) in [6, 6.07) is -0.110. The first-order valence-corrected chi connectivity index (χ1v) is 5.92. The standard InChI is InChI=1S/C11H15N5O2/c12-10-9-11(14-4-13-10)16(5-15-9)7-1-6(3-17)2-8(7)18/h4-8,17-18H,1-3H2,(H2,12,13,14)/t6-,7+,8?/m0/s1. The predicted molar refractivity (Wildman–Crippen MR) is 64.6 cm³/mol. The molecule has 1 saturated carbocycles. The number of hydrogen-bond donors (Lipinski definition) is 3. The van der Waals surface area contributed by atoms with Crippen LogP contribution in [0.2, 0.25) is 0 Å². The molecular formula is C11H15N5O2. The molecule has 2 aromatic rings. The van der Waals surface area contributed by atoms with E-state index in [4.69, 9.17) is 5.73 Å². The lowest BCUT2D eigenvalue weighted by Crippen LogP contribution is -2.17. The lowest BCUT2D eigenvalue weighted by atomic mass is 10.1. The number of nitrogens with two attached hydrogens (primary N) is 1. The molecule has 0 radical (unpaired) electrons. The minimum absolute atomic E-state index is 0.0946. The largest absolute Gasteiger partial charge is 0.396 e. The summed E-state index contributed by atoms with van der Waals surface area (Å²) in [5.41, 5.74) is 6.91. The highest BCUT2D eigenvalue weighted by Crippen LogP contribution is 2.36. The van der Waals surface area contributed by atoms with Crippen molar-refractivity contribution in [2.24, 2.45) is 5.92 Å². The molecule has 1 unspecified atom stereocenters. The van der Waals surface area contributed by atoms with Crippen LogP contribution in [0.1, 0.15) is 18.9 Å². The number of hydrogen-bond acceptors (Lipinski definition) is 6. The molecule has 1 aliphatic carbocycles. The van der Waals surface area contributed by atoms with Crippen LogP contribution in [-0.2, 0) is 0 Å². The topological polar surface area (TPSA) is 110 Å². The number of aliphatic hydroxyl groups is 2. The molecule has 3 atom stereocenters. The van der Waals surface area contributed by atoms with Gasteiger partial charge in [-0.05, 0) is 18.8 Å². The predicted octanol–water partition coefficient (Wildman–Crippen LogP) is -0.287. The summed E-state index contributed by atoms with van der Waals surface area (Å²) in [6.07, 6.45) is 3.84. The number of nitrogen functional groups attached to an aromatic ring is 1. The molecule has 0 saturated heterocycles. The van der Waals surface area contributed by atoms with Crippen LogP contribution in [-0.4, -0.2) is 42.4 Å². The third-order valence-corrected chi connectivity index (χ3v) is 3.60. The van der Waals surface area contributed by atoms with Gasteiger partial charge in [0.1, 0.15) is 11.8 Å². The Hall–Kier alpha value is -1.73. The van der Waals surface area contributed by atoms with E-state index < -0.39 is 6.10 Å². The van der Waals surface area contributed by atoms with E-state index in [0.29, 0.717) is 29.8 Å². The fourth-order valence-electron chi connectivity index (χ4n) is 2.65. The van der Waals surface area contributed by atoms with Crippen molar-refractivity contribution in [3.8, 4) is 0 Å². The van der Waals surface area contributed by atoms with E-state index in [0.717, 1.165) is 0 Å². The molecular weight excluding hydrogens is 234 g/mol. The van der Waals surface area contributed by atoms with Gasteiger partial charge in [-0.25, -0.2) is 15.0 Å². The molecule has 3 rings (SSSR count). The average Bonchev–Trinajstić information content (AvgIpc) is 2.93. The molecule has 7 nitrogen and oxygen atoms in total. The van der Waals surface area contributed by atoms with Gasteiger partial charge in [-0.3, -0.25) is 0 Å². The average molecular weight is 249 g/mol. The van der Waals surface area contributed by atoms with E-state index in [9.17, 15) is 10.2 Å². The Kier molecular flexibility index (Phi) is 2.64. The minimum Gasteiger partial charge on any atom is -0.396 e. The number of rotatable bonds is 2. The zero-order chi connectivity index (χ0) is 12.7. The summed E-state index contributed by atoms with van der Waals surface area (Å²) in [7, 11) is 0. The van der Waals surface area contributed by atoms with Crippen molar-refractivity contribution in [3.05, 3.63) is 12.7 Å². The summed E-state index contributed by atoms with van der Waals surface area (Å²) >= 11 is 0. The van der Waals surface area contributed by atoms with E-state index in [1.807, 2.05) is 4.57 Å². The van der Waals surface area contributed by atoms with Gasteiger partial charge in [0, 0.05) is 6.61 Å². The summed E-state index contributed by atoms with van der Waals surface area (Å²) in [6.45, 7) is 0.0946. The molecule has 0 aliphatic heterocycles. The van der Waals surface area contributed by atoms with Crippen molar-refractivity contribution in [3.63, 3.8) is 0 Å². The second kappa shape index (κ2) is 4.18. The zero-order valence-corrected chi connectivity index (χ0v) is 9.77. The van der Waals surface area contributed by atoms with Crippen LogP contribution < -0.4 is 5.73 Å². The maximum absolute atomic E-state index is 10.1. The quantitative estimate of drug-likeness (QED) is 0.674. The first-order chi connectivity index (χ1) is 8.70. The lowest BCUT2D eigenvalue weighted by Gasteiger charge is -2.16. The second-order valence-corrected chi connectivity index (χ2v) is 4.74. The highest BCUT2D eigenvalue weighted by atomic mass is 16.3. The van der Waals surface area contributed by atoms with Crippen LogP contribution in [0.15, 0.2) is 12.7 Å². The van der Waals surface area contributed by atoms with Crippen LogP contribution in [0.5, 0.6) is 0 Å². The number of imidazole rings is 1. The van der Waals surface area contributed by atoms with Crippen molar-refractivity contribution in [1.82, 2.24) is 19.5 Å². The molecule has 18 heavy (non-hydrogen) atoms. The summed E-state index contributed by atoms with van der Waals surface area (Å²) in [4.78, 5) is 12.2. The summed E-state index contributed by atoms with van der Waals surface area (Å²) < 4.78 is 1.83. The zero-order valence-electron chi connectivity index (χ0n) is 9.77. The Bertz CT molecular complexity index is 570. The number of anilines is 1. The Morgan fingerprint density at radius 1 is 1.33 bits per heavy atom. The van der Waals surface area contributed by atoms with Crippen LogP contribution in [0.4, 0.5) is 5.82 Å². The highest BCUT2D eigenvalue weighted by molar-refractivity contribution is 5.81. The number of nitrogens with zero attached hydrogens (tertiary/aromatic N) is 4. The van der Waals surface area contributed by atoms with Gasteiger partial charge >= 0.3 is 0 Å². The number of aromatic nitrogens is 4. The molecule has 7 heteroatoms. The van der Waals surface area contributed by atoms with Crippen LogP contribution in [0.25, 0.3) is 11.2 Å². The van der Waals surface area contributed by atoms with Crippen molar-refractivity contribution in [2.75, 3.05) is 12.3 Å². The van der Waals surface area contributed by atoms with Gasteiger partial charge in [-0.1, -0.05) is 0 Å². The third-order valence-electron chi connectivity index (χ3n) is 3.60. The smallest absolute Gasteiger partial charge is 0.165 e. The number of aliphatic hydroxyl groups excluding tert-OH is 2. The van der Waals surface area contributed by atoms with Gasteiger partial charge < -0.3 is 20.5 Å². The van der Waals surface area contributed by atoms with Gasteiger partial charge in [-0.2, -0.15) is 0 Å². The van der Waals surface area contributed by atoms with Crippen LogP contribution in [0, 0.1) is 5.92 Å². The molecule has 2 heterocycles. The van der Waals surface area contributed by atoms with Crippen LogP contribution in [0.3, 0.4) is 0 Å². The third kappa shape index (κ3) is 1.63. The van der Waals surface area contributed by atoms with Crippen molar-refractivity contribution in [2.45, 2.75) is 25.0 Å². The first-order valence-electron chi connectivity index (χ1n) is 5.92. The SMILES string of the molecule is Nc1ncnc2c1ncn2[C@@H]1C[C@H](CO)CC1O. The summed E-state index contributed by atoms with van der Waals surface area (Å²) in [5.74, 6) is 0.464. The Balaban J connectivity index is 2.02. The van der Waals surface area contributed by atoms with Gasteiger partial charge in [0.05, 0.1) is 18.5 Å². The molecule has 0 aromatic carbocycles. The molecule has 96 valence electrons. The fourth-order valence-corrected chi connectivity index (χ4v) is 2.65. The van der Waals surface area contributed by atoms with E-state index in [2.05, 4.69) is 15.0 Å².